The number of aromatic nitrogens is 2. The van der Waals surface area contributed by atoms with Crippen LogP contribution in [0.4, 0.5) is 8.78 Å². The number of H-pyrrole nitrogens is 1. The molecule has 0 amide bonds. The van der Waals surface area contributed by atoms with E-state index in [1.165, 1.54) is 6.07 Å². The zero-order valence-electron chi connectivity index (χ0n) is 7.30. The lowest BCUT2D eigenvalue weighted by Gasteiger charge is -2.06. The van der Waals surface area contributed by atoms with Crippen LogP contribution in [0.25, 0.3) is 11.0 Å². The number of halogens is 3. The van der Waals surface area contributed by atoms with E-state index in [9.17, 15) is 13.6 Å². The van der Waals surface area contributed by atoms with Gasteiger partial charge in [-0.05, 0) is 23.7 Å². The van der Waals surface area contributed by atoms with E-state index in [1.807, 2.05) is 0 Å². The number of nitrogens with one attached hydrogen (secondary N) is 1. The molecule has 3 nitrogen and oxygen atoms in total. The second kappa shape index (κ2) is 3.27. The smallest absolute Gasteiger partial charge is 0.319 e. The van der Waals surface area contributed by atoms with E-state index in [2.05, 4.69) is 9.97 Å². The van der Waals surface area contributed by atoms with Gasteiger partial charge in [0.25, 0.3) is 5.56 Å². The second-order valence-corrected chi connectivity index (χ2v) is 3.40. The maximum atomic E-state index is 12.7. The third-order valence-electron chi connectivity index (χ3n) is 1.87. The molecule has 0 bridgehead atoms. The zero-order valence-corrected chi connectivity index (χ0v) is 8.05. The van der Waals surface area contributed by atoms with Crippen LogP contribution < -0.4 is 5.56 Å². The quantitative estimate of drug-likeness (QED) is 0.764. The van der Waals surface area contributed by atoms with Crippen LogP contribution in [0.15, 0.2) is 29.1 Å². The van der Waals surface area contributed by atoms with E-state index in [-0.39, 0.29) is 5.52 Å². The molecule has 0 saturated carbocycles. The molecule has 2 aromatic rings. The lowest BCUT2D eigenvalue weighted by atomic mass is 10.3. The predicted molar refractivity (Wildman–Crippen MR) is 52.1 cm³/mol. The molecule has 1 heterocycles. The Morgan fingerprint density at radius 2 is 2.00 bits per heavy atom. The second-order valence-electron chi connectivity index (χ2n) is 2.93. The average Bonchev–Trinajstić information content (AvgIpc) is 2.15. The van der Waals surface area contributed by atoms with Crippen molar-refractivity contribution in [2.24, 2.45) is 0 Å². The molecule has 0 unspecified atom stereocenters. The van der Waals surface area contributed by atoms with Crippen molar-refractivity contribution in [1.29, 1.82) is 0 Å². The number of hydrogen-bond acceptors (Lipinski definition) is 2. The first-order valence-electron chi connectivity index (χ1n) is 4.05. The van der Waals surface area contributed by atoms with Gasteiger partial charge in [0.05, 0.1) is 11.0 Å². The van der Waals surface area contributed by atoms with Crippen molar-refractivity contribution in [2.45, 2.75) is 5.38 Å². The van der Waals surface area contributed by atoms with Crippen LogP contribution in [0.2, 0.25) is 0 Å². The molecule has 0 fully saturated rings. The first-order valence-corrected chi connectivity index (χ1v) is 4.42. The zero-order chi connectivity index (χ0) is 11.1. The van der Waals surface area contributed by atoms with Crippen molar-refractivity contribution in [3.63, 3.8) is 0 Å². The van der Waals surface area contributed by atoms with E-state index in [0.717, 1.165) is 0 Å². The molecular weight excluding hydrogens is 226 g/mol. The van der Waals surface area contributed by atoms with Crippen LogP contribution >= 0.6 is 11.6 Å². The van der Waals surface area contributed by atoms with E-state index < -0.39 is 16.6 Å². The summed E-state index contributed by atoms with van der Waals surface area (Å²) < 4.78 is 25.5. The summed E-state index contributed by atoms with van der Waals surface area (Å²) in [6.07, 6.45) is 0. The van der Waals surface area contributed by atoms with Gasteiger partial charge in [-0.1, -0.05) is 12.1 Å². The number of para-hydroxylation sites is 2. The van der Waals surface area contributed by atoms with Gasteiger partial charge in [0.2, 0.25) is 0 Å². The number of fused-ring (bicyclic) bond motifs is 1. The Bertz CT molecular complexity index is 562. The van der Waals surface area contributed by atoms with Gasteiger partial charge in [-0.25, -0.2) is 4.98 Å². The summed E-state index contributed by atoms with van der Waals surface area (Å²) in [4.78, 5) is 17.0. The molecule has 0 atom stereocenters. The molecule has 78 valence electrons. The lowest BCUT2D eigenvalue weighted by molar-refractivity contribution is 0.0886. The summed E-state index contributed by atoms with van der Waals surface area (Å²) in [5.74, 6) is 0. The van der Waals surface area contributed by atoms with Crippen LogP contribution in [0, 0.1) is 0 Å². The first kappa shape index (κ1) is 10.0. The minimum atomic E-state index is -3.75. The Morgan fingerprint density at radius 3 is 2.67 bits per heavy atom. The number of hydrogen-bond donors (Lipinski definition) is 1. The number of benzene rings is 1. The molecule has 1 aromatic heterocycles. The Hall–Kier alpha value is -1.49. The topological polar surface area (TPSA) is 45.8 Å². The minimum absolute atomic E-state index is 0.271. The van der Waals surface area contributed by atoms with Crippen LogP contribution in [0.3, 0.4) is 0 Å². The molecule has 0 saturated heterocycles. The van der Waals surface area contributed by atoms with Crippen molar-refractivity contribution in [3.05, 3.63) is 40.3 Å². The van der Waals surface area contributed by atoms with Gasteiger partial charge in [0.15, 0.2) is 5.69 Å². The monoisotopic (exact) mass is 230 g/mol. The van der Waals surface area contributed by atoms with E-state index in [0.29, 0.717) is 5.52 Å². The van der Waals surface area contributed by atoms with E-state index in [4.69, 9.17) is 11.6 Å². The fraction of sp³-hybridized carbons (Fsp3) is 0.111. The molecule has 2 rings (SSSR count). The summed E-state index contributed by atoms with van der Waals surface area (Å²) in [6, 6.07) is 6.37. The van der Waals surface area contributed by atoms with Gasteiger partial charge in [0, 0.05) is 0 Å². The number of aromatic amines is 1. The highest BCUT2D eigenvalue weighted by Crippen LogP contribution is 2.28. The Morgan fingerprint density at radius 1 is 1.33 bits per heavy atom. The fourth-order valence-electron chi connectivity index (χ4n) is 1.22. The molecule has 1 N–H and O–H groups in total. The van der Waals surface area contributed by atoms with Crippen molar-refractivity contribution >= 4 is 22.6 Å². The predicted octanol–water partition coefficient (Wildman–Crippen LogP) is 2.21. The van der Waals surface area contributed by atoms with Crippen molar-refractivity contribution in [1.82, 2.24) is 9.97 Å². The van der Waals surface area contributed by atoms with Gasteiger partial charge in [-0.2, -0.15) is 8.78 Å². The van der Waals surface area contributed by atoms with Gasteiger partial charge >= 0.3 is 5.38 Å². The summed E-state index contributed by atoms with van der Waals surface area (Å²) in [7, 11) is 0. The summed E-state index contributed by atoms with van der Waals surface area (Å²) in [5, 5.41) is -3.75. The third-order valence-corrected chi connectivity index (χ3v) is 2.05. The van der Waals surface area contributed by atoms with Crippen LogP contribution in [0.1, 0.15) is 5.69 Å². The SMILES string of the molecule is O=c1[nH]c2ccccc2nc1C(F)(F)Cl. The molecule has 6 heteroatoms. The summed E-state index contributed by atoms with van der Waals surface area (Å²) in [6.45, 7) is 0. The Balaban J connectivity index is 2.79. The number of nitrogens with zero attached hydrogens (tertiary/aromatic N) is 1. The highest BCUT2D eigenvalue weighted by molar-refractivity contribution is 6.21. The van der Waals surface area contributed by atoms with E-state index in [1.54, 1.807) is 18.2 Å². The van der Waals surface area contributed by atoms with Gasteiger partial charge in [-0.3, -0.25) is 4.79 Å². The summed E-state index contributed by atoms with van der Waals surface area (Å²) >= 11 is 4.75. The van der Waals surface area contributed by atoms with Crippen LogP contribution in [-0.4, -0.2) is 9.97 Å². The maximum Gasteiger partial charge on any atom is 0.370 e. The van der Waals surface area contributed by atoms with Crippen molar-refractivity contribution < 1.29 is 8.78 Å². The molecule has 0 radical (unpaired) electrons. The highest BCUT2D eigenvalue weighted by Gasteiger charge is 2.33. The molecule has 15 heavy (non-hydrogen) atoms. The largest absolute Gasteiger partial charge is 0.370 e. The normalized spacial score (nSPS) is 11.9. The first-order chi connectivity index (χ1) is 6.98. The van der Waals surface area contributed by atoms with Gasteiger partial charge in [-0.15, -0.1) is 0 Å². The van der Waals surface area contributed by atoms with Gasteiger partial charge < -0.3 is 4.98 Å². The van der Waals surface area contributed by atoms with Crippen molar-refractivity contribution in [3.8, 4) is 0 Å². The van der Waals surface area contributed by atoms with Gasteiger partial charge in [0.1, 0.15) is 0 Å². The Kier molecular flexibility index (Phi) is 2.19. The highest BCUT2D eigenvalue weighted by atomic mass is 35.5. The maximum absolute atomic E-state index is 12.7. The van der Waals surface area contributed by atoms with E-state index >= 15 is 0 Å². The lowest BCUT2D eigenvalue weighted by Crippen LogP contribution is -2.22. The molecule has 0 aliphatic rings. The molecule has 0 aliphatic carbocycles. The molecule has 0 spiro atoms. The molecule has 1 aromatic carbocycles. The molecular formula is C9H5ClF2N2O. The summed E-state index contributed by atoms with van der Waals surface area (Å²) in [5.41, 5.74) is -1.30. The minimum Gasteiger partial charge on any atom is -0.319 e. The number of rotatable bonds is 1. The Labute approximate surface area is 87.7 Å². The average molecular weight is 231 g/mol. The fourth-order valence-corrected chi connectivity index (χ4v) is 1.35. The number of alkyl halides is 3. The van der Waals surface area contributed by atoms with Crippen molar-refractivity contribution in [2.75, 3.05) is 0 Å². The molecule has 0 aliphatic heterocycles. The third kappa shape index (κ3) is 1.83. The standard InChI is InChI=1S/C9H5ClF2N2O/c10-9(11,12)7-8(15)14-6-4-2-1-3-5(6)13-7/h1-4H,(H,14,15). The van der Waals surface area contributed by atoms with Crippen LogP contribution in [0.5, 0.6) is 0 Å². The van der Waals surface area contributed by atoms with Crippen LogP contribution in [-0.2, 0) is 5.38 Å².